The molecule has 0 aliphatic rings. The van der Waals surface area contributed by atoms with Crippen LogP contribution in [0, 0.1) is 5.82 Å². The summed E-state index contributed by atoms with van der Waals surface area (Å²) in [5.74, 6) is 0.262. The highest BCUT2D eigenvalue weighted by atomic mass is 35.5. The van der Waals surface area contributed by atoms with Crippen molar-refractivity contribution in [2.75, 3.05) is 0 Å². The molecule has 0 amide bonds. The van der Waals surface area contributed by atoms with Crippen molar-refractivity contribution >= 4 is 11.6 Å². The normalized spacial score (nSPS) is 12.7. The first-order valence-corrected chi connectivity index (χ1v) is 6.04. The Morgan fingerprint density at radius 2 is 2.28 bits per heavy atom. The maximum absolute atomic E-state index is 13.0. The van der Waals surface area contributed by atoms with Gasteiger partial charge in [-0.05, 0) is 24.6 Å². The van der Waals surface area contributed by atoms with E-state index >= 15 is 0 Å². The number of hydrogen-bond donors (Lipinski definition) is 1. The van der Waals surface area contributed by atoms with Gasteiger partial charge in [-0.1, -0.05) is 30.1 Å². The molecule has 1 heterocycles. The molecule has 0 saturated heterocycles. The fourth-order valence-electron chi connectivity index (χ4n) is 1.57. The van der Waals surface area contributed by atoms with Gasteiger partial charge in [-0.3, -0.25) is 0 Å². The van der Waals surface area contributed by atoms with Crippen LogP contribution in [0.3, 0.4) is 0 Å². The molecule has 2 aromatic rings. The minimum atomic E-state index is -0.480. The molecule has 0 aliphatic heterocycles. The fourth-order valence-corrected chi connectivity index (χ4v) is 1.75. The molecule has 18 heavy (non-hydrogen) atoms. The lowest BCUT2D eigenvalue weighted by Crippen LogP contribution is -2.09. The smallest absolute Gasteiger partial charge is 0.243 e. The van der Waals surface area contributed by atoms with Crippen molar-refractivity contribution in [2.24, 2.45) is 5.73 Å². The zero-order chi connectivity index (χ0) is 13.1. The van der Waals surface area contributed by atoms with E-state index < -0.39 is 5.82 Å². The molecule has 6 heteroatoms. The van der Waals surface area contributed by atoms with Gasteiger partial charge in [0, 0.05) is 5.56 Å². The van der Waals surface area contributed by atoms with E-state index in [1.54, 1.807) is 6.07 Å². The van der Waals surface area contributed by atoms with E-state index in [2.05, 4.69) is 10.1 Å². The van der Waals surface area contributed by atoms with Crippen LogP contribution in [0.25, 0.3) is 11.4 Å². The van der Waals surface area contributed by atoms with Crippen molar-refractivity contribution in [3.63, 3.8) is 0 Å². The second-order valence-corrected chi connectivity index (χ2v) is 4.39. The summed E-state index contributed by atoms with van der Waals surface area (Å²) in [4.78, 5) is 4.19. The van der Waals surface area contributed by atoms with Crippen molar-refractivity contribution in [3.05, 3.63) is 34.9 Å². The van der Waals surface area contributed by atoms with Crippen molar-refractivity contribution in [3.8, 4) is 11.4 Å². The van der Waals surface area contributed by atoms with Gasteiger partial charge in [-0.2, -0.15) is 4.98 Å². The highest BCUT2D eigenvalue weighted by Crippen LogP contribution is 2.24. The molecule has 4 nitrogen and oxygen atoms in total. The van der Waals surface area contributed by atoms with Crippen LogP contribution in [0.1, 0.15) is 31.7 Å². The van der Waals surface area contributed by atoms with Crippen molar-refractivity contribution in [1.29, 1.82) is 0 Å². The Kier molecular flexibility index (Phi) is 3.93. The lowest BCUT2D eigenvalue weighted by Gasteiger charge is -2.02. The van der Waals surface area contributed by atoms with E-state index in [1.807, 2.05) is 6.92 Å². The third-order valence-electron chi connectivity index (χ3n) is 2.54. The molecule has 0 unspecified atom stereocenters. The van der Waals surface area contributed by atoms with E-state index in [9.17, 15) is 4.39 Å². The van der Waals surface area contributed by atoms with E-state index in [4.69, 9.17) is 21.9 Å². The summed E-state index contributed by atoms with van der Waals surface area (Å²) in [7, 11) is 0. The van der Waals surface area contributed by atoms with Crippen LogP contribution in [-0.2, 0) is 0 Å². The summed E-state index contributed by atoms with van der Waals surface area (Å²) in [6.07, 6.45) is 1.70. The summed E-state index contributed by atoms with van der Waals surface area (Å²) in [5, 5.41) is 3.84. The predicted molar refractivity (Wildman–Crippen MR) is 66.5 cm³/mol. The average molecular weight is 270 g/mol. The number of nitrogens with two attached hydrogens (primary N) is 1. The second-order valence-electron chi connectivity index (χ2n) is 3.98. The average Bonchev–Trinajstić information content (AvgIpc) is 2.82. The minimum Gasteiger partial charge on any atom is -0.337 e. The van der Waals surface area contributed by atoms with Crippen LogP contribution in [0.4, 0.5) is 4.39 Å². The van der Waals surface area contributed by atoms with Crippen molar-refractivity contribution in [2.45, 2.75) is 25.8 Å². The van der Waals surface area contributed by atoms with Gasteiger partial charge in [0.2, 0.25) is 11.7 Å². The van der Waals surface area contributed by atoms with Gasteiger partial charge >= 0.3 is 0 Å². The van der Waals surface area contributed by atoms with Gasteiger partial charge in [0.25, 0.3) is 0 Å². The number of rotatable bonds is 4. The number of halogens is 2. The molecule has 0 radical (unpaired) electrons. The van der Waals surface area contributed by atoms with E-state index in [0.29, 0.717) is 17.3 Å². The molecule has 0 fully saturated rings. The summed E-state index contributed by atoms with van der Waals surface area (Å²) < 4.78 is 18.1. The molecular weight excluding hydrogens is 257 g/mol. The van der Waals surface area contributed by atoms with Gasteiger partial charge < -0.3 is 10.3 Å². The van der Waals surface area contributed by atoms with Crippen molar-refractivity contribution in [1.82, 2.24) is 10.1 Å². The van der Waals surface area contributed by atoms with Gasteiger partial charge in [0.05, 0.1) is 11.1 Å². The third kappa shape index (κ3) is 2.68. The Hall–Kier alpha value is -1.46. The molecule has 1 aromatic carbocycles. The third-order valence-corrected chi connectivity index (χ3v) is 2.83. The Labute approximate surface area is 109 Å². The quantitative estimate of drug-likeness (QED) is 0.925. The number of aromatic nitrogens is 2. The lowest BCUT2D eigenvalue weighted by molar-refractivity contribution is 0.348. The molecule has 0 spiro atoms. The van der Waals surface area contributed by atoms with Gasteiger partial charge in [-0.15, -0.1) is 0 Å². The van der Waals surface area contributed by atoms with Crippen LogP contribution in [-0.4, -0.2) is 10.1 Å². The summed E-state index contributed by atoms with van der Waals surface area (Å²) >= 11 is 5.70. The van der Waals surface area contributed by atoms with Crippen LogP contribution in [0.5, 0.6) is 0 Å². The van der Waals surface area contributed by atoms with Gasteiger partial charge in [0.15, 0.2) is 0 Å². The Balaban J connectivity index is 2.26. The minimum absolute atomic E-state index is 0.0247. The number of nitrogens with zero attached hydrogens (tertiary/aromatic N) is 2. The number of benzene rings is 1. The first-order valence-electron chi connectivity index (χ1n) is 5.66. The largest absolute Gasteiger partial charge is 0.337 e. The second kappa shape index (κ2) is 5.46. The molecular formula is C12H13ClFN3O. The molecule has 1 aromatic heterocycles. The van der Waals surface area contributed by atoms with Crippen LogP contribution in [0.15, 0.2) is 22.7 Å². The standard InChI is InChI=1S/C12H13ClFN3O/c1-2-3-10(15)12-16-11(17-18-12)7-4-5-9(14)8(13)6-7/h4-6,10H,2-3,15H2,1H3/t10-/m0/s1. The molecule has 0 saturated carbocycles. The summed E-state index contributed by atoms with van der Waals surface area (Å²) in [5.41, 5.74) is 6.47. The lowest BCUT2D eigenvalue weighted by atomic mass is 10.2. The number of hydrogen-bond acceptors (Lipinski definition) is 4. The van der Waals surface area contributed by atoms with E-state index in [0.717, 1.165) is 12.8 Å². The fraction of sp³-hybridized carbons (Fsp3) is 0.333. The maximum Gasteiger partial charge on any atom is 0.243 e. The van der Waals surface area contributed by atoms with Crippen LogP contribution in [0.2, 0.25) is 5.02 Å². The molecule has 2 N–H and O–H groups in total. The molecule has 0 aliphatic carbocycles. The zero-order valence-corrected chi connectivity index (χ0v) is 10.6. The Morgan fingerprint density at radius 3 is 2.94 bits per heavy atom. The topological polar surface area (TPSA) is 64.9 Å². The Morgan fingerprint density at radius 1 is 1.50 bits per heavy atom. The van der Waals surface area contributed by atoms with E-state index in [-0.39, 0.29) is 11.1 Å². The van der Waals surface area contributed by atoms with E-state index in [1.165, 1.54) is 12.1 Å². The molecule has 1 atom stereocenters. The highest BCUT2D eigenvalue weighted by molar-refractivity contribution is 6.31. The van der Waals surface area contributed by atoms with Gasteiger partial charge in [-0.25, -0.2) is 4.39 Å². The maximum atomic E-state index is 13.0. The zero-order valence-electron chi connectivity index (χ0n) is 9.86. The monoisotopic (exact) mass is 269 g/mol. The summed E-state index contributed by atoms with van der Waals surface area (Å²) in [6.45, 7) is 2.02. The molecule has 96 valence electrons. The SMILES string of the molecule is CCC[C@H](N)c1nc(-c2ccc(F)c(Cl)c2)no1. The molecule has 2 rings (SSSR count). The first-order chi connectivity index (χ1) is 8.61. The van der Waals surface area contributed by atoms with Crippen molar-refractivity contribution < 1.29 is 8.91 Å². The van der Waals surface area contributed by atoms with Gasteiger partial charge in [0.1, 0.15) is 5.82 Å². The first kappa shape index (κ1) is 13.0. The van der Waals surface area contributed by atoms with Crippen LogP contribution >= 0.6 is 11.6 Å². The predicted octanol–water partition coefficient (Wildman–Crippen LogP) is 3.33. The van der Waals surface area contributed by atoms with Crippen LogP contribution < -0.4 is 5.73 Å². The Bertz CT molecular complexity index is 544. The summed E-state index contributed by atoms with van der Waals surface area (Å²) in [6, 6.07) is 3.99. The molecule has 0 bridgehead atoms. The highest BCUT2D eigenvalue weighted by Gasteiger charge is 2.15.